The van der Waals surface area contributed by atoms with E-state index in [1.54, 1.807) is 5.01 Å². The SMILES string of the molecule is C=C(CCC(=C)N1Cc2ccccc2/C(N)=C(/N(C)N)c2ccccc21)C(C)C. The summed E-state index contributed by atoms with van der Waals surface area (Å²) in [6.45, 7) is 13.7. The Morgan fingerprint density at radius 2 is 1.66 bits per heavy atom. The number of anilines is 1. The molecule has 0 fully saturated rings. The first-order valence-electron chi connectivity index (χ1n) is 10.1. The van der Waals surface area contributed by atoms with Crippen molar-refractivity contribution in [1.29, 1.82) is 0 Å². The molecular weight excluding hydrogens is 356 g/mol. The summed E-state index contributed by atoms with van der Waals surface area (Å²) in [6, 6.07) is 16.5. The molecule has 0 spiro atoms. The minimum Gasteiger partial charge on any atom is -0.396 e. The number of para-hydroxylation sites is 1. The van der Waals surface area contributed by atoms with Gasteiger partial charge in [0.2, 0.25) is 0 Å². The molecule has 29 heavy (non-hydrogen) atoms. The van der Waals surface area contributed by atoms with Gasteiger partial charge in [-0.05, 0) is 30.4 Å². The molecule has 1 heterocycles. The summed E-state index contributed by atoms with van der Waals surface area (Å²) in [4.78, 5) is 2.29. The fraction of sp³-hybridized carbons (Fsp3) is 0.280. The molecule has 1 aliphatic rings. The van der Waals surface area contributed by atoms with E-state index in [2.05, 4.69) is 56.2 Å². The average Bonchev–Trinajstić information content (AvgIpc) is 2.69. The number of hydrogen-bond donors (Lipinski definition) is 2. The van der Waals surface area contributed by atoms with Gasteiger partial charge in [-0.15, -0.1) is 0 Å². The van der Waals surface area contributed by atoms with Gasteiger partial charge in [0.1, 0.15) is 0 Å². The second-order valence-corrected chi connectivity index (χ2v) is 8.01. The molecule has 0 aliphatic carbocycles. The fourth-order valence-electron chi connectivity index (χ4n) is 3.75. The van der Waals surface area contributed by atoms with Gasteiger partial charge in [0.05, 0.1) is 17.1 Å². The zero-order valence-electron chi connectivity index (χ0n) is 17.8. The molecule has 1 aliphatic heterocycles. The third-order valence-corrected chi connectivity index (χ3v) is 5.63. The third-order valence-electron chi connectivity index (χ3n) is 5.63. The van der Waals surface area contributed by atoms with Crippen molar-refractivity contribution in [1.82, 2.24) is 5.01 Å². The van der Waals surface area contributed by atoms with Crippen LogP contribution in [0.25, 0.3) is 11.4 Å². The fourth-order valence-corrected chi connectivity index (χ4v) is 3.75. The monoisotopic (exact) mass is 388 g/mol. The number of rotatable bonds is 6. The second-order valence-electron chi connectivity index (χ2n) is 8.01. The van der Waals surface area contributed by atoms with Gasteiger partial charge in [-0.3, -0.25) is 0 Å². The van der Waals surface area contributed by atoms with E-state index < -0.39 is 0 Å². The van der Waals surface area contributed by atoms with Crippen molar-refractivity contribution in [3.8, 4) is 0 Å². The number of nitrogens with two attached hydrogens (primary N) is 2. The molecule has 2 aromatic rings. The first kappa shape index (κ1) is 20.7. The molecule has 0 radical (unpaired) electrons. The number of fused-ring (bicyclic) bond motifs is 2. The van der Waals surface area contributed by atoms with E-state index in [9.17, 15) is 0 Å². The molecule has 0 bridgehead atoms. The van der Waals surface area contributed by atoms with Crippen LogP contribution < -0.4 is 16.5 Å². The Balaban J connectivity index is 2.12. The lowest BCUT2D eigenvalue weighted by atomic mass is 9.94. The quantitative estimate of drug-likeness (QED) is 0.410. The van der Waals surface area contributed by atoms with Crippen LogP contribution >= 0.6 is 0 Å². The van der Waals surface area contributed by atoms with E-state index in [0.29, 0.717) is 18.2 Å². The predicted octanol–water partition coefficient (Wildman–Crippen LogP) is 5.10. The summed E-state index contributed by atoms with van der Waals surface area (Å²) in [5.41, 5.74) is 14.7. The lowest BCUT2D eigenvalue weighted by Crippen LogP contribution is -2.31. The molecule has 0 saturated carbocycles. The van der Waals surface area contributed by atoms with Crippen molar-refractivity contribution in [2.24, 2.45) is 17.5 Å². The Morgan fingerprint density at radius 1 is 1.03 bits per heavy atom. The summed E-state index contributed by atoms with van der Waals surface area (Å²) in [7, 11) is 1.83. The zero-order valence-corrected chi connectivity index (χ0v) is 17.8. The van der Waals surface area contributed by atoms with Gasteiger partial charge >= 0.3 is 0 Å². The highest BCUT2D eigenvalue weighted by Gasteiger charge is 2.25. The summed E-state index contributed by atoms with van der Waals surface area (Å²) < 4.78 is 0. The lowest BCUT2D eigenvalue weighted by molar-refractivity contribution is 0.511. The minimum absolute atomic E-state index is 0.475. The molecule has 4 N–H and O–H groups in total. The van der Waals surface area contributed by atoms with Crippen molar-refractivity contribution in [2.45, 2.75) is 33.2 Å². The van der Waals surface area contributed by atoms with Crippen LogP contribution in [-0.4, -0.2) is 12.1 Å². The largest absolute Gasteiger partial charge is 0.396 e. The predicted molar refractivity (Wildman–Crippen MR) is 124 cm³/mol. The van der Waals surface area contributed by atoms with E-state index in [0.717, 1.165) is 46.6 Å². The van der Waals surface area contributed by atoms with Crippen LogP contribution in [0.5, 0.6) is 0 Å². The summed E-state index contributed by atoms with van der Waals surface area (Å²) in [5.74, 6) is 6.72. The average molecular weight is 389 g/mol. The summed E-state index contributed by atoms with van der Waals surface area (Å²) in [5, 5.41) is 1.61. The summed E-state index contributed by atoms with van der Waals surface area (Å²) >= 11 is 0. The Labute approximate surface area is 174 Å². The zero-order chi connectivity index (χ0) is 21.1. The van der Waals surface area contributed by atoms with Gasteiger partial charge in [-0.25, -0.2) is 5.84 Å². The first-order valence-corrected chi connectivity index (χ1v) is 10.1. The molecule has 4 nitrogen and oxygen atoms in total. The van der Waals surface area contributed by atoms with Gasteiger partial charge in [-0.1, -0.05) is 75.0 Å². The maximum Gasteiger partial charge on any atom is 0.0843 e. The normalized spacial score (nSPS) is 16.0. The van der Waals surface area contributed by atoms with Crippen molar-refractivity contribution < 1.29 is 0 Å². The highest BCUT2D eigenvalue weighted by atomic mass is 15.4. The Hall–Kier alpha value is -2.98. The third kappa shape index (κ3) is 4.22. The Morgan fingerprint density at radius 3 is 2.31 bits per heavy atom. The van der Waals surface area contributed by atoms with E-state index in [1.807, 2.05) is 31.3 Å². The highest BCUT2D eigenvalue weighted by Crippen LogP contribution is 2.38. The van der Waals surface area contributed by atoms with Crippen LogP contribution in [0.1, 0.15) is 43.4 Å². The first-order chi connectivity index (χ1) is 13.8. The van der Waals surface area contributed by atoms with Crippen molar-refractivity contribution in [2.75, 3.05) is 11.9 Å². The van der Waals surface area contributed by atoms with Gasteiger partial charge in [0.15, 0.2) is 0 Å². The van der Waals surface area contributed by atoms with Crippen LogP contribution in [0.2, 0.25) is 0 Å². The van der Waals surface area contributed by atoms with Crippen LogP contribution in [0, 0.1) is 5.92 Å². The number of benzene rings is 2. The standard InChI is InChI=1S/C25H32N4/c1-17(2)18(3)14-15-19(4)29-16-20-10-6-7-11-21(20)24(26)25(28(5)27)22-12-8-9-13-23(22)29/h6-13,17H,3-4,14-16,26-27H2,1-2,5H3/b25-24-. The number of nitrogens with zero attached hydrogens (tertiary/aromatic N) is 2. The second kappa shape index (κ2) is 8.58. The number of hydrogen-bond acceptors (Lipinski definition) is 4. The van der Waals surface area contributed by atoms with E-state index >= 15 is 0 Å². The molecule has 0 atom stereocenters. The van der Waals surface area contributed by atoms with Crippen LogP contribution in [-0.2, 0) is 6.54 Å². The molecule has 152 valence electrons. The maximum absolute atomic E-state index is 6.63. The maximum atomic E-state index is 6.63. The smallest absolute Gasteiger partial charge is 0.0843 e. The molecule has 2 aromatic carbocycles. The van der Waals surface area contributed by atoms with Gasteiger partial charge < -0.3 is 15.6 Å². The molecule has 0 aromatic heterocycles. The molecule has 0 saturated heterocycles. The van der Waals surface area contributed by atoms with Crippen LogP contribution in [0.3, 0.4) is 0 Å². The van der Waals surface area contributed by atoms with E-state index in [4.69, 9.17) is 11.6 Å². The van der Waals surface area contributed by atoms with Gasteiger partial charge in [0, 0.05) is 30.4 Å². The molecule has 4 heteroatoms. The Kier molecular flexibility index (Phi) is 6.14. The van der Waals surface area contributed by atoms with E-state index in [-0.39, 0.29) is 0 Å². The Bertz CT molecular complexity index is 953. The lowest BCUT2D eigenvalue weighted by Gasteiger charge is -2.34. The minimum atomic E-state index is 0.475. The number of allylic oxidation sites excluding steroid dienone is 2. The number of hydrazine groups is 1. The molecule has 0 amide bonds. The van der Waals surface area contributed by atoms with Gasteiger partial charge in [0.25, 0.3) is 0 Å². The topological polar surface area (TPSA) is 58.5 Å². The van der Waals surface area contributed by atoms with Crippen molar-refractivity contribution >= 4 is 17.1 Å². The van der Waals surface area contributed by atoms with Crippen LogP contribution in [0.4, 0.5) is 5.69 Å². The molecular formula is C25H32N4. The van der Waals surface area contributed by atoms with Crippen molar-refractivity contribution in [3.63, 3.8) is 0 Å². The van der Waals surface area contributed by atoms with E-state index in [1.165, 1.54) is 5.57 Å². The molecule has 3 rings (SSSR count). The van der Waals surface area contributed by atoms with Gasteiger partial charge in [-0.2, -0.15) is 0 Å². The van der Waals surface area contributed by atoms with Crippen molar-refractivity contribution in [3.05, 3.63) is 89.6 Å². The molecule has 0 unspecified atom stereocenters. The highest BCUT2D eigenvalue weighted by molar-refractivity contribution is 5.94. The summed E-state index contributed by atoms with van der Waals surface area (Å²) in [6.07, 6.45) is 1.79. The van der Waals surface area contributed by atoms with Crippen LogP contribution in [0.15, 0.2) is 73.0 Å².